The fraction of sp³-hybridized carbons (Fsp3) is 0.273. The van der Waals surface area contributed by atoms with E-state index in [1.807, 2.05) is 6.07 Å². The predicted octanol–water partition coefficient (Wildman–Crippen LogP) is 1.48. The van der Waals surface area contributed by atoms with Crippen LogP contribution in [0.5, 0.6) is 0 Å². The number of nitrogens with one attached hydrogen (secondary N) is 1. The molecule has 14 heavy (non-hydrogen) atoms. The minimum absolute atomic E-state index is 0.0931. The Balaban J connectivity index is 2.18. The Labute approximate surface area is 81.1 Å². The van der Waals surface area contributed by atoms with Crippen LogP contribution in [-0.2, 0) is 10.2 Å². The van der Waals surface area contributed by atoms with Gasteiger partial charge in [-0.25, -0.2) is 0 Å². The molecule has 1 amide bonds. The molecule has 0 bridgehead atoms. The lowest BCUT2D eigenvalue weighted by molar-refractivity contribution is -0.117. The Bertz CT molecular complexity index is 447. The second kappa shape index (κ2) is 2.23. The van der Waals surface area contributed by atoms with Crippen LogP contribution >= 0.6 is 0 Å². The molecule has 1 aliphatic carbocycles. The summed E-state index contributed by atoms with van der Waals surface area (Å²) in [4.78, 5) is 22.2. The summed E-state index contributed by atoms with van der Waals surface area (Å²) in [5, 5.41) is 2.83. The zero-order valence-corrected chi connectivity index (χ0v) is 7.54. The maximum atomic E-state index is 11.6. The lowest BCUT2D eigenvalue weighted by Gasteiger charge is -2.03. The average molecular weight is 187 g/mol. The topological polar surface area (TPSA) is 46.2 Å². The molecule has 1 heterocycles. The minimum Gasteiger partial charge on any atom is -0.325 e. The van der Waals surface area contributed by atoms with Crippen LogP contribution in [0.1, 0.15) is 28.8 Å². The summed E-state index contributed by atoms with van der Waals surface area (Å²) >= 11 is 0. The van der Waals surface area contributed by atoms with Crippen molar-refractivity contribution in [3.8, 4) is 0 Å². The molecule has 0 atom stereocenters. The van der Waals surface area contributed by atoms with Gasteiger partial charge in [-0.1, -0.05) is 12.1 Å². The molecule has 0 unspecified atom stereocenters. The Morgan fingerprint density at radius 3 is 2.79 bits per heavy atom. The fourth-order valence-corrected chi connectivity index (χ4v) is 2.14. The summed E-state index contributed by atoms with van der Waals surface area (Å²) in [6, 6.07) is 5.41. The Kier molecular flexibility index (Phi) is 1.23. The number of amides is 1. The molecule has 1 saturated carbocycles. The van der Waals surface area contributed by atoms with Gasteiger partial charge in [0, 0.05) is 11.3 Å². The highest BCUT2D eigenvalue weighted by molar-refractivity contribution is 6.08. The van der Waals surface area contributed by atoms with Crippen LogP contribution in [0.4, 0.5) is 5.69 Å². The quantitative estimate of drug-likeness (QED) is 0.677. The second-order valence-electron chi connectivity index (χ2n) is 3.96. The summed E-state index contributed by atoms with van der Waals surface area (Å²) in [6.07, 6.45) is 2.67. The number of rotatable bonds is 1. The van der Waals surface area contributed by atoms with E-state index in [0.29, 0.717) is 5.56 Å². The number of hydrogen-bond donors (Lipinski definition) is 1. The second-order valence-corrected chi connectivity index (χ2v) is 3.96. The normalized spacial score (nSPS) is 20.4. The fourth-order valence-electron chi connectivity index (χ4n) is 2.14. The first-order chi connectivity index (χ1) is 6.76. The highest BCUT2D eigenvalue weighted by Crippen LogP contribution is 2.55. The van der Waals surface area contributed by atoms with Crippen LogP contribution in [0.3, 0.4) is 0 Å². The monoisotopic (exact) mass is 187 g/mol. The lowest BCUT2D eigenvalue weighted by Crippen LogP contribution is -2.18. The first-order valence-electron chi connectivity index (χ1n) is 4.67. The Hall–Kier alpha value is -1.64. The molecule has 1 aromatic carbocycles. The summed E-state index contributed by atoms with van der Waals surface area (Å²) in [6.45, 7) is 0. The lowest BCUT2D eigenvalue weighted by atomic mass is 9.97. The van der Waals surface area contributed by atoms with E-state index in [-0.39, 0.29) is 11.3 Å². The Morgan fingerprint density at radius 1 is 1.36 bits per heavy atom. The van der Waals surface area contributed by atoms with Gasteiger partial charge in [0.25, 0.3) is 0 Å². The molecule has 3 nitrogen and oxygen atoms in total. The number of carbonyl (C=O) groups is 2. The first-order valence-corrected chi connectivity index (χ1v) is 4.67. The van der Waals surface area contributed by atoms with E-state index in [1.165, 1.54) is 0 Å². The van der Waals surface area contributed by atoms with Gasteiger partial charge in [0.05, 0.1) is 5.41 Å². The molecule has 0 radical (unpaired) electrons. The van der Waals surface area contributed by atoms with Crippen molar-refractivity contribution in [3.63, 3.8) is 0 Å². The van der Waals surface area contributed by atoms with E-state index in [9.17, 15) is 9.59 Å². The molecule has 3 rings (SSSR count). The highest BCUT2D eigenvalue weighted by atomic mass is 16.2. The molecule has 1 aromatic rings. The van der Waals surface area contributed by atoms with Crippen LogP contribution < -0.4 is 5.32 Å². The molecule has 3 heteroatoms. The third kappa shape index (κ3) is 0.769. The summed E-state index contributed by atoms with van der Waals surface area (Å²) < 4.78 is 0. The third-order valence-corrected chi connectivity index (χ3v) is 3.13. The van der Waals surface area contributed by atoms with Crippen molar-refractivity contribution >= 4 is 17.9 Å². The number of carbonyl (C=O) groups excluding carboxylic acids is 2. The summed E-state index contributed by atoms with van der Waals surface area (Å²) in [5.41, 5.74) is 2.25. The van der Waals surface area contributed by atoms with E-state index in [2.05, 4.69) is 5.32 Å². The van der Waals surface area contributed by atoms with Crippen molar-refractivity contribution in [2.45, 2.75) is 18.3 Å². The maximum Gasteiger partial charge on any atom is 0.235 e. The molecule has 2 aliphatic rings. The number of hydrogen-bond acceptors (Lipinski definition) is 2. The number of benzene rings is 1. The van der Waals surface area contributed by atoms with Crippen LogP contribution in [0.25, 0.3) is 0 Å². The molecule has 0 saturated heterocycles. The smallest absolute Gasteiger partial charge is 0.235 e. The molecule has 1 aliphatic heterocycles. The van der Waals surface area contributed by atoms with Gasteiger partial charge in [-0.15, -0.1) is 0 Å². The van der Waals surface area contributed by atoms with Crippen LogP contribution in [0, 0.1) is 0 Å². The molecule has 1 spiro atoms. The van der Waals surface area contributed by atoms with Gasteiger partial charge < -0.3 is 5.32 Å². The van der Waals surface area contributed by atoms with Crippen molar-refractivity contribution in [3.05, 3.63) is 29.3 Å². The van der Waals surface area contributed by atoms with E-state index in [1.54, 1.807) is 12.1 Å². The molecule has 1 fully saturated rings. The van der Waals surface area contributed by atoms with Crippen molar-refractivity contribution in [1.82, 2.24) is 0 Å². The van der Waals surface area contributed by atoms with E-state index in [4.69, 9.17) is 0 Å². The molecule has 0 aromatic heterocycles. The van der Waals surface area contributed by atoms with Crippen LogP contribution in [0.15, 0.2) is 18.2 Å². The van der Waals surface area contributed by atoms with Gasteiger partial charge in [-0.2, -0.15) is 0 Å². The molecular weight excluding hydrogens is 178 g/mol. The average Bonchev–Trinajstić information content (AvgIpc) is 2.93. The van der Waals surface area contributed by atoms with Crippen molar-refractivity contribution in [2.24, 2.45) is 0 Å². The van der Waals surface area contributed by atoms with Gasteiger partial charge in [0.15, 0.2) is 0 Å². The van der Waals surface area contributed by atoms with Crippen LogP contribution in [0.2, 0.25) is 0 Å². The van der Waals surface area contributed by atoms with E-state index in [0.717, 1.165) is 30.4 Å². The summed E-state index contributed by atoms with van der Waals surface area (Å²) in [5.74, 6) is 0.0931. The van der Waals surface area contributed by atoms with Gasteiger partial charge in [0.2, 0.25) is 5.91 Å². The number of aldehydes is 1. The van der Waals surface area contributed by atoms with Crippen molar-refractivity contribution in [2.75, 3.05) is 5.32 Å². The van der Waals surface area contributed by atoms with Gasteiger partial charge in [-0.05, 0) is 24.5 Å². The molecule has 70 valence electrons. The first kappa shape index (κ1) is 7.74. The zero-order chi connectivity index (χ0) is 9.76. The third-order valence-electron chi connectivity index (χ3n) is 3.13. The molecular formula is C11H9NO2. The SMILES string of the molecule is O=Cc1ccc2c(c1)NC(=O)C21CC1. The summed E-state index contributed by atoms with van der Waals surface area (Å²) in [7, 11) is 0. The van der Waals surface area contributed by atoms with Crippen molar-refractivity contribution < 1.29 is 9.59 Å². The van der Waals surface area contributed by atoms with Gasteiger partial charge in [-0.3, -0.25) is 9.59 Å². The van der Waals surface area contributed by atoms with Gasteiger partial charge >= 0.3 is 0 Å². The number of anilines is 1. The maximum absolute atomic E-state index is 11.6. The van der Waals surface area contributed by atoms with E-state index >= 15 is 0 Å². The standard InChI is InChI=1S/C11H9NO2/c13-6-7-1-2-8-9(5-7)12-10(14)11(8)3-4-11/h1-2,5-6H,3-4H2,(H,12,14). The van der Waals surface area contributed by atoms with E-state index < -0.39 is 0 Å². The van der Waals surface area contributed by atoms with Crippen LogP contribution in [-0.4, -0.2) is 12.2 Å². The minimum atomic E-state index is -0.239. The van der Waals surface area contributed by atoms with Crippen molar-refractivity contribution in [1.29, 1.82) is 0 Å². The zero-order valence-electron chi connectivity index (χ0n) is 7.54. The highest BCUT2D eigenvalue weighted by Gasteiger charge is 2.56. The number of fused-ring (bicyclic) bond motifs is 2. The Morgan fingerprint density at radius 2 is 2.14 bits per heavy atom. The van der Waals surface area contributed by atoms with Gasteiger partial charge in [0.1, 0.15) is 6.29 Å². The predicted molar refractivity (Wildman–Crippen MR) is 51.4 cm³/mol. The largest absolute Gasteiger partial charge is 0.325 e. The molecule has 1 N–H and O–H groups in total.